The van der Waals surface area contributed by atoms with Gasteiger partial charge in [0.05, 0.1) is 12.7 Å². The molecule has 1 unspecified atom stereocenters. The summed E-state index contributed by atoms with van der Waals surface area (Å²) in [5, 5.41) is 16.5. The highest BCUT2D eigenvalue weighted by atomic mass is 16.5. The van der Waals surface area contributed by atoms with Gasteiger partial charge in [0.2, 0.25) is 0 Å². The number of hydrogen-bond donors (Lipinski definition) is 0. The molecule has 2 heterocycles. The maximum absolute atomic E-state index is 11.6. The number of nitrogens with zero attached hydrogens (tertiary/aromatic N) is 5. The molecule has 0 aliphatic carbocycles. The summed E-state index contributed by atoms with van der Waals surface area (Å²) in [6.07, 6.45) is 4.59. The van der Waals surface area contributed by atoms with Crippen LogP contribution in [0.3, 0.4) is 0 Å². The van der Waals surface area contributed by atoms with Crippen molar-refractivity contribution in [1.82, 2.24) is 19.6 Å². The van der Waals surface area contributed by atoms with Crippen LogP contribution in [0.1, 0.15) is 18.5 Å². The Kier molecular flexibility index (Phi) is 2.96. The normalized spacial score (nSPS) is 12.0. The molecular formula is C10H9N5O2. The fourth-order valence-electron chi connectivity index (χ4n) is 1.43. The van der Waals surface area contributed by atoms with Crippen molar-refractivity contribution in [2.45, 2.75) is 12.8 Å². The molecular weight excluding hydrogens is 222 g/mol. The Morgan fingerprint density at radius 3 is 3.24 bits per heavy atom. The Morgan fingerprint density at radius 2 is 2.53 bits per heavy atom. The maximum Gasteiger partial charge on any atom is 0.329 e. The molecule has 17 heavy (non-hydrogen) atoms. The van der Waals surface area contributed by atoms with E-state index in [1.54, 1.807) is 17.5 Å². The smallest absolute Gasteiger partial charge is 0.329 e. The van der Waals surface area contributed by atoms with Gasteiger partial charge in [-0.15, -0.1) is 10.2 Å². The fraction of sp³-hybridized carbons (Fsp3) is 0.300. The standard InChI is InChI=1S/C10H9N5O2/c1-2-17-10(16)7(5-11)8-9-14-13-6-15(9)4-3-12-8/h3-4,6-7H,2H2,1H3. The Balaban J connectivity index is 2.47. The molecule has 0 radical (unpaired) electrons. The molecule has 0 saturated heterocycles. The zero-order valence-corrected chi connectivity index (χ0v) is 9.07. The Morgan fingerprint density at radius 1 is 1.71 bits per heavy atom. The third-order valence-corrected chi connectivity index (χ3v) is 2.17. The van der Waals surface area contributed by atoms with Gasteiger partial charge in [-0.3, -0.25) is 14.2 Å². The molecule has 7 heteroatoms. The quantitative estimate of drug-likeness (QED) is 0.705. The summed E-state index contributed by atoms with van der Waals surface area (Å²) in [6, 6.07) is 1.87. The molecule has 2 aromatic rings. The van der Waals surface area contributed by atoms with Crippen molar-refractivity contribution in [3.05, 3.63) is 24.4 Å². The van der Waals surface area contributed by atoms with Crippen LogP contribution in [-0.4, -0.2) is 32.2 Å². The maximum atomic E-state index is 11.6. The summed E-state index contributed by atoms with van der Waals surface area (Å²) in [5.41, 5.74) is 0.637. The highest BCUT2D eigenvalue weighted by Gasteiger charge is 2.26. The van der Waals surface area contributed by atoms with E-state index in [2.05, 4.69) is 15.2 Å². The highest BCUT2D eigenvalue weighted by Crippen LogP contribution is 2.17. The van der Waals surface area contributed by atoms with Gasteiger partial charge in [-0.25, -0.2) is 0 Å². The van der Waals surface area contributed by atoms with Crippen LogP contribution in [0.4, 0.5) is 0 Å². The average molecular weight is 231 g/mol. The van der Waals surface area contributed by atoms with Crippen molar-refractivity contribution in [1.29, 1.82) is 5.26 Å². The Bertz CT molecular complexity index is 586. The monoisotopic (exact) mass is 231 g/mol. The molecule has 2 aromatic heterocycles. The lowest BCUT2D eigenvalue weighted by molar-refractivity contribution is -0.143. The SMILES string of the molecule is CCOC(=O)C(C#N)c1nccn2cnnc12. The molecule has 0 amide bonds. The number of carbonyl (C=O) groups excluding carboxylic acids is 1. The molecule has 0 fully saturated rings. The minimum Gasteiger partial charge on any atom is -0.465 e. The van der Waals surface area contributed by atoms with Crippen LogP contribution >= 0.6 is 0 Å². The lowest BCUT2D eigenvalue weighted by Crippen LogP contribution is -2.16. The minimum absolute atomic E-state index is 0.215. The number of aromatic nitrogens is 4. The predicted molar refractivity (Wildman–Crippen MR) is 55.8 cm³/mol. The Hall–Kier alpha value is -2.49. The van der Waals surface area contributed by atoms with E-state index in [-0.39, 0.29) is 12.3 Å². The summed E-state index contributed by atoms with van der Waals surface area (Å²) >= 11 is 0. The van der Waals surface area contributed by atoms with E-state index in [1.807, 2.05) is 6.07 Å². The van der Waals surface area contributed by atoms with Crippen molar-refractivity contribution in [3.63, 3.8) is 0 Å². The molecule has 0 saturated carbocycles. The van der Waals surface area contributed by atoms with Crippen LogP contribution in [0.15, 0.2) is 18.7 Å². The minimum atomic E-state index is -1.08. The summed E-state index contributed by atoms with van der Waals surface area (Å²) < 4.78 is 6.41. The second-order valence-corrected chi connectivity index (χ2v) is 3.19. The fourth-order valence-corrected chi connectivity index (χ4v) is 1.43. The van der Waals surface area contributed by atoms with E-state index >= 15 is 0 Å². The van der Waals surface area contributed by atoms with Crippen molar-refractivity contribution in [2.75, 3.05) is 6.61 Å². The highest BCUT2D eigenvalue weighted by molar-refractivity contribution is 5.82. The Labute approximate surface area is 96.7 Å². The van der Waals surface area contributed by atoms with Crippen LogP contribution in [0.5, 0.6) is 0 Å². The summed E-state index contributed by atoms with van der Waals surface area (Å²) in [4.78, 5) is 15.6. The second-order valence-electron chi connectivity index (χ2n) is 3.19. The number of esters is 1. The molecule has 0 aliphatic heterocycles. The zero-order chi connectivity index (χ0) is 12.3. The van der Waals surface area contributed by atoms with Gasteiger partial charge in [-0.2, -0.15) is 5.26 Å². The van der Waals surface area contributed by atoms with Crippen molar-refractivity contribution in [2.24, 2.45) is 0 Å². The number of hydrogen-bond acceptors (Lipinski definition) is 6. The van der Waals surface area contributed by atoms with Crippen LogP contribution < -0.4 is 0 Å². The van der Waals surface area contributed by atoms with Gasteiger partial charge in [0.1, 0.15) is 12.0 Å². The molecule has 0 aromatic carbocycles. The number of carbonyl (C=O) groups is 1. The number of ether oxygens (including phenoxy) is 1. The largest absolute Gasteiger partial charge is 0.465 e. The molecule has 0 bridgehead atoms. The number of fused-ring (bicyclic) bond motifs is 1. The second kappa shape index (κ2) is 4.57. The first-order valence-corrected chi connectivity index (χ1v) is 4.98. The van der Waals surface area contributed by atoms with E-state index < -0.39 is 11.9 Å². The van der Waals surface area contributed by atoms with Crippen LogP contribution in [0, 0.1) is 11.3 Å². The third kappa shape index (κ3) is 1.92. The number of nitriles is 1. The van der Waals surface area contributed by atoms with E-state index in [0.29, 0.717) is 5.65 Å². The van der Waals surface area contributed by atoms with Crippen molar-refractivity contribution < 1.29 is 9.53 Å². The van der Waals surface area contributed by atoms with E-state index in [0.717, 1.165) is 0 Å². The lowest BCUT2D eigenvalue weighted by atomic mass is 10.1. The topological polar surface area (TPSA) is 93.2 Å². The zero-order valence-electron chi connectivity index (χ0n) is 9.07. The lowest BCUT2D eigenvalue weighted by Gasteiger charge is -2.07. The van der Waals surface area contributed by atoms with Gasteiger partial charge in [-0.1, -0.05) is 0 Å². The third-order valence-electron chi connectivity index (χ3n) is 2.17. The van der Waals surface area contributed by atoms with Crippen LogP contribution in [-0.2, 0) is 9.53 Å². The average Bonchev–Trinajstić information content (AvgIpc) is 2.79. The first-order chi connectivity index (χ1) is 8.27. The summed E-state index contributed by atoms with van der Waals surface area (Å²) in [6.45, 7) is 1.89. The van der Waals surface area contributed by atoms with Gasteiger partial charge in [-0.05, 0) is 6.92 Å². The van der Waals surface area contributed by atoms with Gasteiger partial charge in [0.15, 0.2) is 11.6 Å². The van der Waals surface area contributed by atoms with E-state index in [4.69, 9.17) is 10.00 Å². The van der Waals surface area contributed by atoms with Crippen LogP contribution in [0.2, 0.25) is 0 Å². The van der Waals surface area contributed by atoms with Crippen molar-refractivity contribution >= 4 is 11.6 Å². The van der Waals surface area contributed by atoms with Crippen LogP contribution in [0.25, 0.3) is 5.65 Å². The summed E-state index contributed by atoms with van der Waals surface area (Å²) in [7, 11) is 0. The predicted octanol–water partition coefficient (Wildman–Crippen LogP) is 0.295. The molecule has 0 N–H and O–H groups in total. The molecule has 7 nitrogen and oxygen atoms in total. The molecule has 86 valence electrons. The molecule has 0 aliphatic rings. The van der Waals surface area contributed by atoms with Gasteiger partial charge >= 0.3 is 5.97 Å². The van der Waals surface area contributed by atoms with E-state index in [1.165, 1.54) is 12.5 Å². The molecule has 0 spiro atoms. The molecule has 1 atom stereocenters. The first-order valence-electron chi connectivity index (χ1n) is 4.98. The number of rotatable bonds is 3. The molecule has 2 rings (SSSR count). The van der Waals surface area contributed by atoms with E-state index in [9.17, 15) is 4.79 Å². The van der Waals surface area contributed by atoms with Crippen molar-refractivity contribution in [3.8, 4) is 6.07 Å². The van der Waals surface area contributed by atoms with Gasteiger partial charge in [0.25, 0.3) is 0 Å². The van der Waals surface area contributed by atoms with Gasteiger partial charge < -0.3 is 4.74 Å². The summed E-state index contributed by atoms with van der Waals surface area (Å²) in [5.74, 6) is -1.71. The van der Waals surface area contributed by atoms with Gasteiger partial charge in [0, 0.05) is 12.4 Å². The first kappa shape index (κ1) is 11.0.